The van der Waals surface area contributed by atoms with Crippen LogP contribution in [-0.2, 0) is 12.8 Å². The fraction of sp³-hybridized carbons (Fsp3) is 0.647. The molecule has 2 nitrogen and oxygen atoms in total. The Hall–Kier alpha value is -0.380. The molecular weight excluding hydrogens is 314 g/mol. The first-order chi connectivity index (χ1) is 9.71. The molecule has 1 saturated carbocycles. The van der Waals surface area contributed by atoms with Crippen LogP contribution in [-0.4, -0.2) is 24.3 Å². The molecule has 0 saturated heterocycles. The molecule has 3 heteroatoms. The van der Waals surface area contributed by atoms with E-state index in [0.717, 1.165) is 13.0 Å². The van der Waals surface area contributed by atoms with Gasteiger partial charge in [-0.25, -0.2) is 0 Å². The summed E-state index contributed by atoms with van der Waals surface area (Å²) in [4.78, 5) is 0. The Morgan fingerprint density at radius 2 is 2.05 bits per heavy atom. The molecule has 3 rings (SSSR count). The molecule has 0 amide bonds. The minimum absolute atomic E-state index is 0.167. The van der Waals surface area contributed by atoms with Crippen molar-refractivity contribution in [2.45, 2.75) is 51.0 Å². The van der Waals surface area contributed by atoms with E-state index in [1.807, 2.05) is 0 Å². The number of aliphatic hydroxyl groups is 1. The van der Waals surface area contributed by atoms with Crippen molar-refractivity contribution in [2.24, 2.45) is 5.41 Å². The average Bonchev–Trinajstić information content (AvgIpc) is 2.94. The first-order valence-corrected chi connectivity index (χ1v) is 8.62. The molecule has 1 aromatic rings. The number of aryl methyl sites for hydroxylation is 1. The van der Waals surface area contributed by atoms with E-state index >= 15 is 0 Å². The molecule has 110 valence electrons. The number of halogens is 1. The number of benzene rings is 1. The first kappa shape index (κ1) is 14.6. The Balaban J connectivity index is 1.59. The summed E-state index contributed by atoms with van der Waals surface area (Å²) in [6.45, 7) is 1.33. The molecule has 1 aromatic carbocycles. The van der Waals surface area contributed by atoms with Gasteiger partial charge in [0.05, 0.1) is 0 Å². The van der Waals surface area contributed by atoms with Crippen LogP contribution in [0.1, 0.15) is 43.2 Å². The second kappa shape index (κ2) is 6.17. The van der Waals surface area contributed by atoms with Crippen LogP contribution in [0.3, 0.4) is 0 Å². The van der Waals surface area contributed by atoms with Gasteiger partial charge in [0.25, 0.3) is 0 Å². The molecule has 0 heterocycles. The van der Waals surface area contributed by atoms with Gasteiger partial charge in [-0.15, -0.1) is 0 Å². The largest absolute Gasteiger partial charge is 0.396 e. The Morgan fingerprint density at radius 1 is 1.25 bits per heavy atom. The standard InChI is InChI=1S/C17H24BrNO/c18-15-5-3-14-10-16(6-4-13(14)9-15)19-11-17(12-20)7-1-2-8-17/h3,5,9,16,19-20H,1-2,4,6-8,10-12H2. The quantitative estimate of drug-likeness (QED) is 0.881. The van der Waals surface area contributed by atoms with E-state index in [9.17, 15) is 5.11 Å². The molecule has 0 spiro atoms. The van der Waals surface area contributed by atoms with Crippen molar-refractivity contribution in [2.75, 3.05) is 13.2 Å². The van der Waals surface area contributed by atoms with Gasteiger partial charge in [0.15, 0.2) is 0 Å². The predicted molar refractivity (Wildman–Crippen MR) is 85.9 cm³/mol. The fourth-order valence-corrected chi connectivity index (χ4v) is 4.18. The van der Waals surface area contributed by atoms with Crippen LogP contribution in [0.4, 0.5) is 0 Å². The van der Waals surface area contributed by atoms with Gasteiger partial charge in [-0.1, -0.05) is 34.8 Å². The van der Waals surface area contributed by atoms with E-state index in [-0.39, 0.29) is 5.41 Å². The molecular formula is C17H24BrNO. The lowest BCUT2D eigenvalue weighted by molar-refractivity contribution is 0.124. The van der Waals surface area contributed by atoms with E-state index in [4.69, 9.17) is 0 Å². The predicted octanol–water partition coefficient (Wildman–Crippen LogP) is 3.45. The summed E-state index contributed by atoms with van der Waals surface area (Å²) < 4.78 is 1.19. The van der Waals surface area contributed by atoms with Crippen molar-refractivity contribution in [3.8, 4) is 0 Å². The summed E-state index contributed by atoms with van der Waals surface area (Å²) in [6, 6.07) is 7.24. The normalized spacial score (nSPS) is 24.6. The van der Waals surface area contributed by atoms with Crippen molar-refractivity contribution in [3.05, 3.63) is 33.8 Å². The van der Waals surface area contributed by atoms with Gasteiger partial charge in [0.2, 0.25) is 0 Å². The number of nitrogens with one attached hydrogen (secondary N) is 1. The number of hydrogen-bond acceptors (Lipinski definition) is 2. The summed E-state index contributed by atoms with van der Waals surface area (Å²) in [5.74, 6) is 0. The van der Waals surface area contributed by atoms with Gasteiger partial charge in [-0.3, -0.25) is 0 Å². The van der Waals surface area contributed by atoms with Gasteiger partial charge in [-0.05, 0) is 55.4 Å². The van der Waals surface area contributed by atoms with Gasteiger partial charge >= 0.3 is 0 Å². The molecule has 0 radical (unpaired) electrons. The van der Waals surface area contributed by atoms with Crippen LogP contribution in [0.5, 0.6) is 0 Å². The van der Waals surface area contributed by atoms with Crippen LogP contribution in [0.25, 0.3) is 0 Å². The maximum Gasteiger partial charge on any atom is 0.0499 e. The third-order valence-electron chi connectivity index (χ3n) is 5.16. The Bertz CT molecular complexity index is 468. The minimum atomic E-state index is 0.167. The molecule has 1 fully saturated rings. The van der Waals surface area contributed by atoms with Crippen LogP contribution >= 0.6 is 15.9 Å². The minimum Gasteiger partial charge on any atom is -0.396 e. The van der Waals surface area contributed by atoms with Crippen LogP contribution in [0.15, 0.2) is 22.7 Å². The van der Waals surface area contributed by atoms with Crippen LogP contribution in [0, 0.1) is 5.41 Å². The van der Waals surface area contributed by atoms with Crippen molar-refractivity contribution in [1.82, 2.24) is 5.32 Å². The molecule has 0 aliphatic heterocycles. The third kappa shape index (κ3) is 3.10. The Morgan fingerprint density at radius 3 is 2.80 bits per heavy atom. The van der Waals surface area contributed by atoms with E-state index in [1.54, 1.807) is 0 Å². The summed E-state index contributed by atoms with van der Waals surface area (Å²) in [7, 11) is 0. The molecule has 0 bridgehead atoms. The van der Waals surface area contributed by atoms with Gasteiger partial charge in [-0.2, -0.15) is 0 Å². The second-order valence-corrected chi connectivity index (χ2v) is 7.51. The lowest BCUT2D eigenvalue weighted by atomic mass is 9.84. The average molecular weight is 338 g/mol. The molecule has 0 aromatic heterocycles. The summed E-state index contributed by atoms with van der Waals surface area (Å²) >= 11 is 3.55. The highest BCUT2D eigenvalue weighted by atomic mass is 79.9. The van der Waals surface area contributed by atoms with Crippen molar-refractivity contribution < 1.29 is 5.11 Å². The molecule has 2 N–H and O–H groups in total. The Labute approximate surface area is 130 Å². The third-order valence-corrected chi connectivity index (χ3v) is 5.66. The number of rotatable bonds is 4. The molecule has 1 atom stereocenters. The maximum absolute atomic E-state index is 9.69. The summed E-state index contributed by atoms with van der Waals surface area (Å²) in [5.41, 5.74) is 3.15. The van der Waals surface area contributed by atoms with E-state index < -0.39 is 0 Å². The maximum atomic E-state index is 9.69. The van der Waals surface area contributed by atoms with E-state index in [2.05, 4.69) is 39.4 Å². The summed E-state index contributed by atoms with van der Waals surface area (Å²) in [5, 5.41) is 13.4. The number of fused-ring (bicyclic) bond motifs is 1. The SMILES string of the molecule is OCC1(CNC2CCc3cc(Br)ccc3C2)CCCC1. The molecule has 20 heavy (non-hydrogen) atoms. The van der Waals surface area contributed by atoms with Crippen LogP contribution < -0.4 is 5.32 Å². The van der Waals surface area contributed by atoms with Crippen molar-refractivity contribution in [3.63, 3.8) is 0 Å². The number of hydrogen-bond donors (Lipinski definition) is 2. The van der Waals surface area contributed by atoms with Crippen molar-refractivity contribution >= 4 is 15.9 Å². The monoisotopic (exact) mass is 337 g/mol. The summed E-state index contributed by atoms with van der Waals surface area (Å²) in [6.07, 6.45) is 8.45. The van der Waals surface area contributed by atoms with Gasteiger partial charge < -0.3 is 10.4 Å². The lowest BCUT2D eigenvalue weighted by Crippen LogP contribution is -2.42. The topological polar surface area (TPSA) is 32.3 Å². The molecule has 2 aliphatic rings. The van der Waals surface area contributed by atoms with Crippen molar-refractivity contribution in [1.29, 1.82) is 0 Å². The van der Waals surface area contributed by atoms with Gasteiger partial charge in [0, 0.05) is 29.1 Å². The zero-order valence-electron chi connectivity index (χ0n) is 12.0. The first-order valence-electron chi connectivity index (χ1n) is 7.82. The Kier molecular flexibility index (Phi) is 4.49. The smallest absolute Gasteiger partial charge is 0.0499 e. The highest BCUT2D eigenvalue weighted by molar-refractivity contribution is 9.10. The van der Waals surface area contributed by atoms with E-state index in [1.165, 1.54) is 54.1 Å². The van der Waals surface area contributed by atoms with Crippen LogP contribution in [0.2, 0.25) is 0 Å². The number of aliphatic hydroxyl groups excluding tert-OH is 1. The van der Waals surface area contributed by atoms with Gasteiger partial charge in [0.1, 0.15) is 0 Å². The van der Waals surface area contributed by atoms with E-state index in [0.29, 0.717) is 12.6 Å². The molecule has 2 aliphatic carbocycles. The fourth-order valence-electron chi connectivity index (χ4n) is 3.77. The molecule has 1 unspecified atom stereocenters. The zero-order valence-corrected chi connectivity index (χ0v) is 13.6. The lowest BCUT2D eigenvalue weighted by Gasteiger charge is -2.32. The highest BCUT2D eigenvalue weighted by Gasteiger charge is 2.33. The second-order valence-electron chi connectivity index (χ2n) is 6.60. The zero-order chi connectivity index (χ0) is 14.0. The highest BCUT2D eigenvalue weighted by Crippen LogP contribution is 2.37.